The molecule has 0 bridgehead atoms. The molecule has 104 valence electrons. The molecule has 1 aromatic carbocycles. The molecule has 0 unspecified atom stereocenters. The first kappa shape index (κ1) is 14.8. The average molecular weight is 323 g/mol. The quantitative estimate of drug-likeness (QED) is 0.722. The second-order valence-corrected chi connectivity index (χ2v) is 7.21. The van der Waals surface area contributed by atoms with E-state index < -0.39 is 0 Å². The molecule has 0 saturated heterocycles. The van der Waals surface area contributed by atoms with E-state index in [1.807, 2.05) is 6.92 Å². The second kappa shape index (κ2) is 5.06. The number of halogens is 1. The highest BCUT2D eigenvalue weighted by Gasteiger charge is 2.30. The molecule has 1 aromatic rings. The Hall–Kier alpha value is -0.600. The SMILES string of the molecule is CCOC(C)(C)c1cc2c(cc1Br)C=CCC2(C)C. The fourth-order valence-corrected chi connectivity index (χ4v) is 3.64. The van der Waals surface area contributed by atoms with Gasteiger partial charge in [0.05, 0.1) is 5.60 Å². The van der Waals surface area contributed by atoms with Crippen molar-refractivity contribution in [1.29, 1.82) is 0 Å². The van der Waals surface area contributed by atoms with E-state index in [-0.39, 0.29) is 11.0 Å². The molecule has 0 aliphatic heterocycles. The average Bonchev–Trinajstić information content (AvgIpc) is 2.27. The van der Waals surface area contributed by atoms with E-state index in [0.29, 0.717) is 0 Å². The maximum absolute atomic E-state index is 5.91. The van der Waals surface area contributed by atoms with Gasteiger partial charge in [-0.2, -0.15) is 0 Å². The van der Waals surface area contributed by atoms with Crippen LogP contribution in [0, 0.1) is 0 Å². The Morgan fingerprint density at radius 3 is 2.63 bits per heavy atom. The van der Waals surface area contributed by atoms with Gasteiger partial charge in [0, 0.05) is 11.1 Å². The van der Waals surface area contributed by atoms with Crippen LogP contribution in [0.15, 0.2) is 22.7 Å². The van der Waals surface area contributed by atoms with Gasteiger partial charge >= 0.3 is 0 Å². The van der Waals surface area contributed by atoms with Crippen LogP contribution in [0.2, 0.25) is 0 Å². The smallest absolute Gasteiger partial charge is 0.0886 e. The maximum Gasteiger partial charge on any atom is 0.0886 e. The van der Waals surface area contributed by atoms with Crippen molar-refractivity contribution < 1.29 is 4.74 Å². The summed E-state index contributed by atoms with van der Waals surface area (Å²) < 4.78 is 7.04. The van der Waals surface area contributed by atoms with Gasteiger partial charge in [0.1, 0.15) is 0 Å². The van der Waals surface area contributed by atoms with Crippen molar-refractivity contribution in [2.75, 3.05) is 6.61 Å². The lowest BCUT2D eigenvalue weighted by atomic mass is 9.74. The highest BCUT2D eigenvalue weighted by molar-refractivity contribution is 9.10. The minimum Gasteiger partial charge on any atom is -0.371 e. The van der Waals surface area contributed by atoms with Gasteiger partial charge in [0.15, 0.2) is 0 Å². The molecule has 0 spiro atoms. The van der Waals surface area contributed by atoms with Crippen molar-refractivity contribution in [3.8, 4) is 0 Å². The lowest BCUT2D eigenvalue weighted by Crippen LogP contribution is -2.25. The molecule has 0 atom stereocenters. The van der Waals surface area contributed by atoms with Crippen LogP contribution >= 0.6 is 15.9 Å². The number of allylic oxidation sites excluding steroid dienone is 1. The van der Waals surface area contributed by atoms with Gasteiger partial charge in [-0.25, -0.2) is 0 Å². The molecular formula is C17H23BrO. The predicted molar refractivity (Wildman–Crippen MR) is 85.5 cm³/mol. The van der Waals surface area contributed by atoms with Crippen LogP contribution in [0.5, 0.6) is 0 Å². The molecule has 1 aliphatic carbocycles. The first-order chi connectivity index (χ1) is 8.78. The molecule has 19 heavy (non-hydrogen) atoms. The van der Waals surface area contributed by atoms with Crippen LogP contribution in [0.3, 0.4) is 0 Å². The molecule has 2 rings (SSSR count). The number of hydrogen-bond acceptors (Lipinski definition) is 1. The summed E-state index contributed by atoms with van der Waals surface area (Å²) in [6, 6.07) is 4.54. The zero-order chi connectivity index (χ0) is 14.3. The van der Waals surface area contributed by atoms with Gasteiger partial charge in [0.25, 0.3) is 0 Å². The van der Waals surface area contributed by atoms with Crippen molar-refractivity contribution >= 4 is 22.0 Å². The Morgan fingerprint density at radius 2 is 2.00 bits per heavy atom. The Balaban J connectivity index is 2.57. The third-order valence-electron chi connectivity index (χ3n) is 3.95. The Labute approximate surface area is 125 Å². The number of fused-ring (bicyclic) bond motifs is 1. The van der Waals surface area contributed by atoms with Gasteiger partial charge in [0.2, 0.25) is 0 Å². The van der Waals surface area contributed by atoms with Crippen molar-refractivity contribution in [3.63, 3.8) is 0 Å². The number of rotatable bonds is 3. The first-order valence-electron chi connectivity index (χ1n) is 6.93. The summed E-state index contributed by atoms with van der Waals surface area (Å²) >= 11 is 3.70. The Kier molecular flexibility index (Phi) is 3.95. The maximum atomic E-state index is 5.91. The van der Waals surface area contributed by atoms with E-state index in [0.717, 1.165) is 17.5 Å². The third kappa shape index (κ3) is 2.80. The van der Waals surface area contributed by atoms with Gasteiger partial charge in [-0.15, -0.1) is 0 Å². The van der Waals surface area contributed by atoms with Crippen molar-refractivity contribution in [2.45, 2.75) is 52.1 Å². The number of hydrogen-bond donors (Lipinski definition) is 0. The monoisotopic (exact) mass is 322 g/mol. The molecule has 2 heteroatoms. The predicted octanol–water partition coefficient (Wildman–Crippen LogP) is 5.42. The zero-order valence-electron chi connectivity index (χ0n) is 12.5. The van der Waals surface area contributed by atoms with Crippen molar-refractivity contribution in [3.05, 3.63) is 39.4 Å². The van der Waals surface area contributed by atoms with Crippen LogP contribution in [-0.2, 0) is 15.8 Å². The van der Waals surface area contributed by atoms with Crippen molar-refractivity contribution in [1.82, 2.24) is 0 Å². The largest absolute Gasteiger partial charge is 0.371 e. The van der Waals surface area contributed by atoms with Gasteiger partial charge in [-0.05, 0) is 55.4 Å². The summed E-state index contributed by atoms with van der Waals surface area (Å²) in [4.78, 5) is 0. The number of benzene rings is 1. The van der Waals surface area contributed by atoms with E-state index in [1.54, 1.807) is 0 Å². The van der Waals surface area contributed by atoms with E-state index in [2.05, 4.69) is 67.9 Å². The van der Waals surface area contributed by atoms with E-state index in [9.17, 15) is 0 Å². The van der Waals surface area contributed by atoms with Crippen LogP contribution < -0.4 is 0 Å². The van der Waals surface area contributed by atoms with Gasteiger partial charge in [-0.1, -0.05) is 48.0 Å². The van der Waals surface area contributed by atoms with E-state index in [1.165, 1.54) is 16.7 Å². The van der Waals surface area contributed by atoms with E-state index >= 15 is 0 Å². The summed E-state index contributed by atoms with van der Waals surface area (Å²) in [6.07, 6.45) is 5.58. The molecule has 1 aliphatic rings. The minimum absolute atomic E-state index is 0.196. The molecule has 1 nitrogen and oxygen atoms in total. The normalized spacial score (nSPS) is 17.4. The molecule has 0 heterocycles. The summed E-state index contributed by atoms with van der Waals surface area (Å²) in [6.45, 7) is 11.6. The molecular weight excluding hydrogens is 300 g/mol. The second-order valence-electron chi connectivity index (χ2n) is 6.35. The lowest BCUT2D eigenvalue weighted by Gasteiger charge is -2.33. The third-order valence-corrected chi connectivity index (χ3v) is 4.60. The van der Waals surface area contributed by atoms with Crippen LogP contribution in [0.25, 0.3) is 6.08 Å². The number of ether oxygens (including phenoxy) is 1. The molecule has 0 fully saturated rings. The van der Waals surface area contributed by atoms with Crippen LogP contribution in [-0.4, -0.2) is 6.61 Å². The first-order valence-corrected chi connectivity index (χ1v) is 7.72. The molecule has 0 radical (unpaired) electrons. The lowest BCUT2D eigenvalue weighted by molar-refractivity contribution is -0.0146. The summed E-state index contributed by atoms with van der Waals surface area (Å²) in [5.41, 5.74) is 3.90. The minimum atomic E-state index is -0.264. The van der Waals surface area contributed by atoms with Crippen LogP contribution in [0.1, 0.15) is 57.7 Å². The summed E-state index contributed by atoms with van der Waals surface area (Å²) in [5.74, 6) is 0. The Bertz CT molecular complexity index is 512. The highest BCUT2D eigenvalue weighted by Crippen LogP contribution is 2.41. The van der Waals surface area contributed by atoms with Gasteiger partial charge in [-0.3, -0.25) is 0 Å². The molecule has 0 N–H and O–H groups in total. The van der Waals surface area contributed by atoms with Gasteiger partial charge < -0.3 is 4.74 Å². The molecule has 0 amide bonds. The molecule has 0 aromatic heterocycles. The van der Waals surface area contributed by atoms with Crippen LogP contribution in [0.4, 0.5) is 0 Å². The fraction of sp³-hybridized carbons (Fsp3) is 0.529. The molecule has 0 saturated carbocycles. The Morgan fingerprint density at radius 1 is 1.32 bits per heavy atom. The van der Waals surface area contributed by atoms with Crippen molar-refractivity contribution in [2.24, 2.45) is 0 Å². The topological polar surface area (TPSA) is 9.23 Å². The summed E-state index contributed by atoms with van der Waals surface area (Å²) in [7, 11) is 0. The van der Waals surface area contributed by atoms with E-state index in [4.69, 9.17) is 4.74 Å². The summed E-state index contributed by atoms with van der Waals surface area (Å²) in [5, 5.41) is 0. The standard InChI is InChI=1S/C17H23BrO/c1-6-19-17(4,5)14-11-13-12(10-15(14)18)8-7-9-16(13,2)3/h7-8,10-11H,6,9H2,1-5H3. The fourth-order valence-electron chi connectivity index (χ4n) is 2.80. The zero-order valence-corrected chi connectivity index (χ0v) is 14.1. The highest BCUT2D eigenvalue weighted by atomic mass is 79.9.